The first kappa shape index (κ1) is 21.9. The van der Waals surface area contributed by atoms with Crippen LogP contribution in [0.25, 0.3) is 5.69 Å². The molecule has 0 unspecified atom stereocenters. The Balaban J connectivity index is 1.61. The molecule has 0 atom stereocenters. The van der Waals surface area contributed by atoms with Crippen molar-refractivity contribution in [3.05, 3.63) is 123 Å². The Morgan fingerprint density at radius 1 is 0.824 bits per heavy atom. The first-order valence-electron chi connectivity index (χ1n) is 10.9. The Labute approximate surface area is 202 Å². The number of nitrogens with zero attached hydrogens (tertiary/aromatic N) is 2. The number of rotatable bonds is 5. The highest BCUT2D eigenvalue weighted by atomic mass is 35.5. The minimum absolute atomic E-state index is 0.0859. The van der Waals surface area contributed by atoms with E-state index < -0.39 is 0 Å². The van der Waals surface area contributed by atoms with Crippen molar-refractivity contribution in [1.29, 1.82) is 0 Å². The first-order chi connectivity index (χ1) is 16.4. The summed E-state index contributed by atoms with van der Waals surface area (Å²) in [5.41, 5.74) is 5.09. The fraction of sp³-hybridized carbons (Fsp3) is 0.107. The summed E-state index contributed by atoms with van der Waals surface area (Å²) < 4.78 is 1.94. The van der Waals surface area contributed by atoms with E-state index in [1.807, 2.05) is 42.7 Å². The van der Waals surface area contributed by atoms with Crippen LogP contribution >= 0.6 is 11.6 Å². The molecule has 168 valence electrons. The van der Waals surface area contributed by atoms with Gasteiger partial charge < -0.3 is 4.57 Å². The number of amides is 2. The van der Waals surface area contributed by atoms with Crippen LogP contribution in [0.4, 0.5) is 0 Å². The minimum Gasteiger partial charge on any atom is -0.315 e. The number of aryl methyl sites for hydroxylation is 1. The van der Waals surface area contributed by atoms with E-state index >= 15 is 0 Å². The van der Waals surface area contributed by atoms with Gasteiger partial charge in [-0.3, -0.25) is 19.3 Å². The summed E-state index contributed by atoms with van der Waals surface area (Å²) in [6.07, 6.45) is 0. The highest BCUT2D eigenvalue weighted by Crippen LogP contribution is 2.30. The zero-order chi connectivity index (χ0) is 24.0. The normalized spacial score (nSPS) is 12.9. The van der Waals surface area contributed by atoms with E-state index in [4.69, 9.17) is 11.6 Å². The summed E-state index contributed by atoms with van der Waals surface area (Å²) in [6.45, 7) is 4.00. The summed E-state index contributed by atoms with van der Waals surface area (Å²) in [5.74, 6) is -0.795. The predicted octanol–water partition coefficient (Wildman–Crippen LogP) is 5.77. The van der Waals surface area contributed by atoms with Crippen LogP contribution in [0.5, 0.6) is 0 Å². The van der Waals surface area contributed by atoms with Crippen molar-refractivity contribution in [1.82, 2.24) is 9.47 Å². The average Bonchev–Trinajstić information content (AvgIpc) is 3.27. The second-order valence-corrected chi connectivity index (χ2v) is 8.77. The molecule has 0 radical (unpaired) electrons. The van der Waals surface area contributed by atoms with Gasteiger partial charge in [-0.2, -0.15) is 0 Å². The molecule has 0 fully saturated rings. The fourth-order valence-corrected chi connectivity index (χ4v) is 4.61. The molecule has 34 heavy (non-hydrogen) atoms. The lowest BCUT2D eigenvalue weighted by Crippen LogP contribution is -2.30. The van der Waals surface area contributed by atoms with Gasteiger partial charge in [-0.05, 0) is 55.8 Å². The SMILES string of the molecule is Cc1cc(CN2C(=O)c3ccccc3C2=O)n(-c2ccc(Cl)cc2C(=O)c2ccccc2)c1C. The molecular formula is C28H21ClN2O3. The Hall–Kier alpha value is -3.96. The van der Waals surface area contributed by atoms with Crippen molar-refractivity contribution in [3.8, 4) is 5.69 Å². The molecule has 5 nitrogen and oxygen atoms in total. The Morgan fingerprint density at radius 3 is 2.09 bits per heavy atom. The summed E-state index contributed by atoms with van der Waals surface area (Å²) in [5, 5.41) is 0.450. The van der Waals surface area contributed by atoms with Crippen LogP contribution < -0.4 is 0 Å². The lowest BCUT2D eigenvalue weighted by molar-refractivity contribution is 0.0639. The molecule has 3 aromatic carbocycles. The average molecular weight is 469 g/mol. The first-order valence-corrected chi connectivity index (χ1v) is 11.3. The maximum atomic E-state index is 13.4. The van der Waals surface area contributed by atoms with E-state index in [1.54, 1.807) is 54.6 Å². The highest BCUT2D eigenvalue weighted by molar-refractivity contribution is 6.31. The van der Waals surface area contributed by atoms with Crippen molar-refractivity contribution < 1.29 is 14.4 Å². The van der Waals surface area contributed by atoms with E-state index in [0.29, 0.717) is 33.0 Å². The molecule has 4 aromatic rings. The maximum Gasteiger partial charge on any atom is 0.261 e. The summed E-state index contributed by atoms with van der Waals surface area (Å²) in [7, 11) is 0. The number of aromatic nitrogens is 1. The van der Waals surface area contributed by atoms with Gasteiger partial charge in [0, 0.05) is 27.5 Å². The number of benzene rings is 3. The monoisotopic (exact) mass is 468 g/mol. The molecule has 0 aliphatic carbocycles. The molecular weight excluding hydrogens is 448 g/mol. The van der Waals surface area contributed by atoms with Crippen LogP contribution in [0.1, 0.15) is 53.6 Å². The van der Waals surface area contributed by atoms with Crippen molar-refractivity contribution in [3.63, 3.8) is 0 Å². The predicted molar refractivity (Wildman–Crippen MR) is 131 cm³/mol. The quantitative estimate of drug-likeness (QED) is 0.276. The Morgan fingerprint density at radius 2 is 1.44 bits per heavy atom. The van der Waals surface area contributed by atoms with Gasteiger partial charge in [0.1, 0.15) is 0 Å². The molecule has 0 bridgehead atoms. The maximum absolute atomic E-state index is 13.4. The zero-order valence-electron chi connectivity index (χ0n) is 18.7. The third-order valence-corrected chi connectivity index (χ3v) is 6.49. The van der Waals surface area contributed by atoms with Gasteiger partial charge in [-0.15, -0.1) is 0 Å². The summed E-state index contributed by atoms with van der Waals surface area (Å²) in [6, 6.07) is 23.0. The van der Waals surface area contributed by atoms with Gasteiger partial charge in [0.2, 0.25) is 0 Å². The fourth-order valence-electron chi connectivity index (χ4n) is 4.44. The van der Waals surface area contributed by atoms with Crippen LogP contribution in [-0.4, -0.2) is 27.1 Å². The summed E-state index contributed by atoms with van der Waals surface area (Å²) in [4.78, 5) is 40.6. The van der Waals surface area contributed by atoms with Crippen LogP contribution in [0.2, 0.25) is 5.02 Å². The number of imide groups is 1. The number of hydrogen-bond donors (Lipinski definition) is 0. The number of carbonyl (C=O) groups is 3. The molecule has 5 rings (SSSR count). The van der Waals surface area contributed by atoms with Crippen LogP contribution in [0.3, 0.4) is 0 Å². The van der Waals surface area contributed by atoms with Gasteiger partial charge in [0.05, 0.1) is 23.4 Å². The smallest absolute Gasteiger partial charge is 0.261 e. The van der Waals surface area contributed by atoms with Crippen LogP contribution in [-0.2, 0) is 6.54 Å². The van der Waals surface area contributed by atoms with Crippen molar-refractivity contribution in [2.75, 3.05) is 0 Å². The van der Waals surface area contributed by atoms with Crippen molar-refractivity contribution >= 4 is 29.2 Å². The Kier molecular flexibility index (Phi) is 5.42. The molecule has 0 saturated heterocycles. The van der Waals surface area contributed by atoms with Crippen molar-refractivity contribution in [2.24, 2.45) is 0 Å². The lowest BCUT2D eigenvalue weighted by atomic mass is 10.0. The molecule has 2 heterocycles. The largest absolute Gasteiger partial charge is 0.315 e. The van der Waals surface area contributed by atoms with Gasteiger partial charge in [0.25, 0.3) is 11.8 Å². The number of hydrogen-bond acceptors (Lipinski definition) is 3. The molecule has 2 amide bonds. The Bertz CT molecular complexity index is 1440. The van der Waals surface area contributed by atoms with E-state index in [9.17, 15) is 14.4 Å². The zero-order valence-corrected chi connectivity index (χ0v) is 19.5. The third kappa shape index (κ3) is 3.55. The number of ketones is 1. The molecule has 0 N–H and O–H groups in total. The molecule has 1 aromatic heterocycles. The van der Waals surface area contributed by atoms with E-state index in [0.717, 1.165) is 17.0 Å². The second-order valence-electron chi connectivity index (χ2n) is 8.34. The number of halogens is 1. The summed E-state index contributed by atoms with van der Waals surface area (Å²) >= 11 is 6.29. The molecule has 6 heteroatoms. The van der Waals surface area contributed by atoms with Crippen LogP contribution in [0, 0.1) is 13.8 Å². The number of carbonyl (C=O) groups excluding carboxylic acids is 3. The molecule has 0 spiro atoms. The van der Waals surface area contributed by atoms with Crippen LogP contribution in [0.15, 0.2) is 78.9 Å². The number of fused-ring (bicyclic) bond motifs is 1. The standard InChI is InChI=1S/C28H21ClN2O3/c1-17-14-21(16-30-27(33)22-10-6-7-11-23(22)28(30)34)31(18(17)2)25-13-12-20(29)15-24(25)26(32)19-8-4-3-5-9-19/h3-15H,16H2,1-2H3. The topological polar surface area (TPSA) is 59.4 Å². The van der Waals surface area contributed by atoms with E-state index in [1.165, 1.54) is 4.90 Å². The van der Waals surface area contributed by atoms with Crippen molar-refractivity contribution in [2.45, 2.75) is 20.4 Å². The lowest BCUT2D eigenvalue weighted by Gasteiger charge is -2.19. The van der Waals surface area contributed by atoms with Gasteiger partial charge >= 0.3 is 0 Å². The second kappa shape index (κ2) is 8.43. The molecule has 1 aliphatic heterocycles. The third-order valence-electron chi connectivity index (χ3n) is 6.25. The van der Waals surface area contributed by atoms with Gasteiger partial charge in [-0.25, -0.2) is 0 Å². The minimum atomic E-state index is -0.319. The van der Waals surface area contributed by atoms with E-state index in [-0.39, 0.29) is 24.1 Å². The molecule has 1 aliphatic rings. The van der Waals surface area contributed by atoms with Gasteiger partial charge in [-0.1, -0.05) is 54.1 Å². The van der Waals surface area contributed by atoms with E-state index in [2.05, 4.69) is 0 Å². The van der Waals surface area contributed by atoms with Gasteiger partial charge in [0.15, 0.2) is 5.78 Å². The molecule has 0 saturated carbocycles. The highest BCUT2D eigenvalue weighted by Gasteiger charge is 2.36.